The number of rotatable bonds is 4. The molecule has 1 heteroatoms. The first-order valence-corrected chi connectivity index (χ1v) is 5.46. The van der Waals surface area contributed by atoms with E-state index in [2.05, 4.69) is 32.9 Å². The van der Waals surface area contributed by atoms with E-state index in [9.17, 15) is 0 Å². The zero-order chi connectivity index (χ0) is 10.6. The second-order valence-electron chi connectivity index (χ2n) is 3.46. The smallest absolute Gasteiger partial charge is 0.125 e. The van der Waals surface area contributed by atoms with E-state index in [1.54, 1.807) is 7.11 Å². The Hall–Kier alpha value is -0.980. The van der Waals surface area contributed by atoms with Gasteiger partial charge in [0.05, 0.1) is 7.11 Å². The normalized spacial score (nSPS) is 10.3. The number of methoxy groups -OCH3 is 1. The lowest BCUT2D eigenvalue weighted by Crippen LogP contribution is -2.00. The SMILES string of the molecule is CCc1ccc(CC)c(OC)c1CC. The van der Waals surface area contributed by atoms with Gasteiger partial charge in [-0.3, -0.25) is 0 Å². The van der Waals surface area contributed by atoms with Crippen molar-refractivity contribution in [2.24, 2.45) is 0 Å². The van der Waals surface area contributed by atoms with Crippen molar-refractivity contribution in [3.05, 3.63) is 28.8 Å². The summed E-state index contributed by atoms with van der Waals surface area (Å²) in [4.78, 5) is 0. The molecule has 1 aromatic rings. The Balaban J connectivity index is 3.28. The minimum atomic E-state index is 1.04. The molecular weight excluding hydrogens is 172 g/mol. The molecule has 0 bridgehead atoms. The summed E-state index contributed by atoms with van der Waals surface area (Å²) in [7, 11) is 1.77. The zero-order valence-electron chi connectivity index (χ0n) is 9.68. The third-order valence-electron chi connectivity index (χ3n) is 2.76. The van der Waals surface area contributed by atoms with Crippen LogP contribution in [0.15, 0.2) is 12.1 Å². The van der Waals surface area contributed by atoms with Crippen molar-refractivity contribution >= 4 is 0 Å². The van der Waals surface area contributed by atoms with Gasteiger partial charge in [-0.05, 0) is 36.0 Å². The Morgan fingerprint density at radius 1 is 0.929 bits per heavy atom. The van der Waals surface area contributed by atoms with Crippen molar-refractivity contribution in [3.63, 3.8) is 0 Å². The Kier molecular flexibility index (Phi) is 3.99. The van der Waals surface area contributed by atoms with Crippen LogP contribution in [0.25, 0.3) is 0 Å². The molecule has 0 atom stereocenters. The number of ether oxygens (including phenoxy) is 1. The van der Waals surface area contributed by atoms with Crippen LogP contribution in [0.4, 0.5) is 0 Å². The molecule has 0 unspecified atom stereocenters. The molecule has 0 aliphatic heterocycles. The largest absolute Gasteiger partial charge is 0.496 e. The van der Waals surface area contributed by atoms with Crippen molar-refractivity contribution < 1.29 is 4.74 Å². The molecule has 0 amide bonds. The summed E-state index contributed by atoms with van der Waals surface area (Å²) >= 11 is 0. The van der Waals surface area contributed by atoms with Gasteiger partial charge in [0.15, 0.2) is 0 Å². The Bertz CT molecular complexity index is 271. The molecule has 0 aliphatic carbocycles. The highest BCUT2D eigenvalue weighted by atomic mass is 16.5. The van der Waals surface area contributed by atoms with Gasteiger partial charge in [-0.2, -0.15) is 0 Å². The van der Waals surface area contributed by atoms with Gasteiger partial charge in [-0.25, -0.2) is 0 Å². The first-order valence-electron chi connectivity index (χ1n) is 5.46. The Morgan fingerprint density at radius 3 is 1.93 bits per heavy atom. The number of hydrogen-bond acceptors (Lipinski definition) is 1. The van der Waals surface area contributed by atoms with Crippen LogP contribution in [-0.2, 0) is 19.3 Å². The fourth-order valence-corrected chi connectivity index (χ4v) is 1.97. The van der Waals surface area contributed by atoms with Gasteiger partial charge >= 0.3 is 0 Å². The minimum Gasteiger partial charge on any atom is -0.496 e. The highest BCUT2D eigenvalue weighted by Crippen LogP contribution is 2.28. The summed E-state index contributed by atoms with van der Waals surface area (Å²) in [5.41, 5.74) is 4.12. The minimum absolute atomic E-state index is 1.04. The molecule has 14 heavy (non-hydrogen) atoms. The van der Waals surface area contributed by atoms with Gasteiger partial charge < -0.3 is 4.74 Å². The van der Waals surface area contributed by atoms with Crippen molar-refractivity contribution in [1.82, 2.24) is 0 Å². The van der Waals surface area contributed by atoms with Crippen LogP contribution in [0.2, 0.25) is 0 Å². The molecular formula is C13H20O. The summed E-state index contributed by atoms with van der Waals surface area (Å²) in [6.07, 6.45) is 3.18. The van der Waals surface area contributed by atoms with Crippen LogP contribution in [0.1, 0.15) is 37.5 Å². The predicted molar refractivity (Wildman–Crippen MR) is 61.1 cm³/mol. The van der Waals surface area contributed by atoms with E-state index in [1.807, 2.05) is 0 Å². The molecule has 0 radical (unpaired) electrons. The third-order valence-corrected chi connectivity index (χ3v) is 2.76. The molecule has 0 saturated heterocycles. The fourth-order valence-electron chi connectivity index (χ4n) is 1.97. The average Bonchev–Trinajstić information content (AvgIpc) is 2.26. The van der Waals surface area contributed by atoms with Gasteiger partial charge in [0.2, 0.25) is 0 Å². The quantitative estimate of drug-likeness (QED) is 0.710. The van der Waals surface area contributed by atoms with E-state index in [-0.39, 0.29) is 0 Å². The van der Waals surface area contributed by atoms with Gasteiger partial charge in [0.25, 0.3) is 0 Å². The summed E-state index contributed by atoms with van der Waals surface area (Å²) in [5.74, 6) is 1.11. The standard InChI is InChI=1S/C13H20O/c1-5-10-8-9-11(6-2)13(14-4)12(10)7-3/h8-9H,5-7H2,1-4H3. The molecule has 0 saturated carbocycles. The number of aryl methyl sites for hydroxylation is 2. The van der Waals surface area contributed by atoms with Crippen LogP contribution >= 0.6 is 0 Å². The van der Waals surface area contributed by atoms with E-state index in [0.717, 1.165) is 25.0 Å². The maximum absolute atomic E-state index is 5.50. The molecule has 0 aliphatic rings. The zero-order valence-corrected chi connectivity index (χ0v) is 9.68. The molecule has 0 heterocycles. The highest BCUT2D eigenvalue weighted by Gasteiger charge is 2.09. The molecule has 1 rings (SSSR count). The van der Waals surface area contributed by atoms with E-state index < -0.39 is 0 Å². The molecule has 1 nitrogen and oxygen atoms in total. The first kappa shape index (κ1) is 11.1. The van der Waals surface area contributed by atoms with Crippen LogP contribution in [0.5, 0.6) is 5.75 Å². The van der Waals surface area contributed by atoms with Crippen LogP contribution in [0.3, 0.4) is 0 Å². The maximum atomic E-state index is 5.50. The van der Waals surface area contributed by atoms with Gasteiger partial charge in [-0.15, -0.1) is 0 Å². The van der Waals surface area contributed by atoms with E-state index >= 15 is 0 Å². The lowest BCUT2D eigenvalue weighted by atomic mass is 9.97. The maximum Gasteiger partial charge on any atom is 0.125 e. The number of hydrogen-bond donors (Lipinski definition) is 0. The van der Waals surface area contributed by atoms with E-state index in [0.29, 0.717) is 0 Å². The summed E-state index contributed by atoms with van der Waals surface area (Å²) in [5, 5.41) is 0. The van der Waals surface area contributed by atoms with Crippen molar-refractivity contribution in [2.75, 3.05) is 7.11 Å². The first-order chi connectivity index (χ1) is 6.78. The topological polar surface area (TPSA) is 9.23 Å². The van der Waals surface area contributed by atoms with Crippen LogP contribution in [-0.4, -0.2) is 7.11 Å². The van der Waals surface area contributed by atoms with Gasteiger partial charge in [0, 0.05) is 0 Å². The lowest BCUT2D eigenvalue weighted by Gasteiger charge is -2.15. The van der Waals surface area contributed by atoms with E-state index in [4.69, 9.17) is 4.74 Å². The number of benzene rings is 1. The lowest BCUT2D eigenvalue weighted by molar-refractivity contribution is 0.404. The summed E-state index contributed by atoms with van der Waals surface area (Å²) in [6, 6.07) is 4.43. The van der Waals surface area contributed by atoms with Crippen LogP contribution in [0, 0.1) is 0 Å². The molecule has 1 aromatic carbocycles. The Labute approximate surface area is 87.1 Å². The van der Waals surface area contributed by atoms with Crippen molar-refractivity contribution in [2.45, 2.75) is 40.0 Å². The van der Waals surface area contributed by atoms with Crippen LogP contribution < -0.4 is 4.74 Å². The van der Waals surface area contributed by atoms with E-state index in [1.165, 1.54) is 16.7 Å². The monoisotopic (exact) mass is 192 g/mol. The van der Waals surface area contributed by atoms with Gasteiger partial charge in [-0.1, -0.05) is 32.9 Å². The second-order valence-corrected chi connectivity index (χ2v) is 3.46. The third kappa shape index (κ3) is 1.92. The Morgan fingerprint density at radius 2 is 1.50 bits per heavy atom. The average molecular weight is 192 g/mol. The summed E-state index contributed by atoms with van der Waals surface area (Å²) < 4.78 is 5.50. The molecule has 0 fully saturated rings. The van der Waals surface area contributed by atoms with Crippen molar-refractivity contribution in [1.29, 1.82) is 0 Å². The fraction of sp³-hybridized carbons (Fsp3) is 0.538. The summed E-state index contributed by atoms with van der Waals surface area (Å²) in [6.45, 7) is 6.55. The predicted octanol–water partition coefficient (Wildman–Crippen LogP) is 3.38. The molecule has 0 spiro atoms. The van der Waals surface area contributed by atoms with Gasteiger partial charge in [0.1, 0.15) is 5.75 Å². The molecule has 0 N–H and O–H groups in total. The van der Waals surface area contributed by atoms with Crippen molar-refractivity contribution in [3.8, 4) is 5.75 Å². The molecule has 0 aromatic heterocycles. The highest BCUT2D eigenvalue weighted by molar-refractivity contribution is 5.46. The second kappa shape index (κ2) is 5.04. The molecule has 78 valence electrons.